The molecule has 0 spiro atoms. The Balaban J connectivity index is 2.47. The molecular weight excluding hydrogens is 408 g/mol. The lowest BCUT2D eigenvalue weighted by Crippen LogP contribution is -2.55. The molecule has 0 heterocycles. The van der Waals surface area contributed by atoms with Crippen molar-refractivity contribution < 1.29 is 43.2 Å². The number of methoxy groups -OCH3 is 3. The van der Waals surface area contributed by atoms with Gasteiger partial charge in [0, 0.05) is 26.6 Å². The van der Waals surface area contributed by atoms with Crippen LogP contribution in [0, 0.1) is 11.8 Å². The Morgan fingerprint density at radius 1 is 0.968 bits per heavy atom. The van der Waals surface area contributed by atoms with Gasteiger partial charge in [-0.2, -0.15) is 0 Å². The van der Waals surface area contributed by atoms with Gasteiger partial charge < -0.3 is 28.8 Å². The molecule has 0 amide bonds. The van der Waals surface area contributed by atoms with Crippen LogP contribution >= 0.6 is 0 Å². The number of hydrogen-bond donors (Lipinski definition) is 1. The van der Waals surface area contributed by atoms with E-state index in [1.54, 1.807) is 24.3 Å². The van der Waals surface area contributed by atoms with Crippen molar-refractivity contribution in [2.75, 3.05) is 47.8 Å². The third-order valence-electron chi connectivity index (χ3n) is 5.34. The van der Waals surface area contributed by atoms with Gasteiger partial charge in [0.25, 0.3) is 0 Å². The monoisotopic (exact) mass is 438 g/mol. The number of aliphatic hydroxyl groups is 1. The van der Waals surface area contributed by atoms with E-state index in [-0.39, 0.29) is 32.8 Å². The van der Waals surface area contributed by atoms with E-state index in [4.69, 9.17) is 23.7 Å². The molecule has 1 aliphatic rings. The predicted molar refractivity (Wildman–Crippen MR) is 109 cm³/mol. The fourth-order valence-corrected chi connectivity index (χ4v) is 3.87. The van der Waals surface area contributed by atoms with Crippen LogP contribution in [0.25, 0.3) is 0 Å². The molecule has 9 heteroatoms. The number of benzene rings is 1. The lowest BCUT2D eigenvalue weighted by atomic mass is 9.61. The van der Waals surface area contributed by atoms with Gasteiger partial charge in [-0.3, -0.25) is 14.4 Å². The number of rotatable bonds is 10. The second kappa shape index (κ2) is 11.2. The Hall–Kier alpha value is -2.49. The quantitative estimate of drug-likeness (QED) is 0.326. The minimum absolute atomic E-state index is 0.0197. The highest BCUT2D eigenvalue weighted by Crippen LogP contribution is 2.47. The number of ether oxygens (including phenoxy) is 5. The van der Waals surface area contributed by atoms with Crippen LogP contribution in [0.2, 0.25) is 0 Å². The smallest absolute Gasteiger partial charge is 0.317 e. The van der Waals surface area contributed by atoms with Crippen molar-refractivity contribution in [2.24, 2.45) is 11.8 Å². The minimum Gasteiger partial charge on any atom is -0.497 e. The Morgan fingerprint density at radius 3 is 2.03 bits per heavy atom. The van der Waals surface area contributed by atoms with Gasteiger partial charge in [-0.05, 0) is 24.6 Å². The van der Waals surface area contributed by atoms with Gasteiger partial charge in [-0.1, -0.05) is 12.1 Å². The molecule has 0 aromatic heterocycles. The van der Waals surface area contributed by atoms with Gasteiger partial charge in [0.2, 0.25) is 0 Å². The van der Waals surface area contributed by atoms with E-state index in [1.165, 1.54) is 28.3 Å². The van der Waals surface area contributed by atoms with E-state index in [9.17, 15) is 19.5 Å². The Bertz CT molecular complexity index is 757. The Morgan fingerprint density at radius 2 is 1.52 bits per heavy atom. The highest BCUT2D eigenvalue weighted by Gasteiger charge is 2.57. The second-order valence-electron chi connectivity index (χ2n) is 7.58. The molecule has 2 rings (SSSR count). The molecule has 0 saturated heterocycles. The van der Waals surface area contributed by atoms with Crippen LogP contribution in [0.1, 0.15) is 24.8 Å². The summed E-state index contributed by atoms with van der Waals surface area (Å²) in [5.74, 6) is -4.85. The Labute approximate surface area is 181 Å². The molecule has 4 atom stereocenters. The number of Topliss-reactive ketones (excluding diaryl/α,β-unsaturated/α-hetero) is 1. The van der Waals surface area contributed by atoms with Crippen molar-refractivity contribution in [1.82, 2.24) is 0 Å². The van der Waals surface area contributed by atoms with Crippen molar-refractivity contribution >= 4 is 17.7 Å². The maximum absolute atomic E-state index is 13.0. The van der Waals surface area contributed by atoms with Gasteiger partial charge in [-0.15, -0.1) is 0 Å². The molecule has 0 radical (unpaired) electrons. The van der Waals surface area contributed by atoms with Gasteiger partial charge in [-0.25, -0.2) is 0 Å². The summed E-state index contributed by atoms with van der Waals surface area (Å²) >= 11 is 0. The third kappa shape index (κ3) is 6.03. The second-order valence-corrected chi connectivity index (χ2v) is 7.58. The fraction of sp³-hybridized carbons (Fsp3) is 0.591. The zero-order valence-electron chi connectivity index (χ0n) is 18.3. The van der Waals surface area contributed by atoms with Crippen molar-refractivity contribution in [1.29, 1.82) is 0 Å². The summed E-state index contributed by atoms with van der Waals surface area (Å²) in [6, 6.07) is 6.62. The average molecular weight is 438 g/mol. The SMILES string of the molecule is COCCOC(=O)C1C(=O)CC(C)(O)C(C(=O)OCCOC)C1c1ccc(OC)cc1. The fourth-order valence-electron chi connectivity index (χ4n) is 3.87. The van der Waals surface area contributed by atoms with Gasteiger partial charge >= 0.3 is 11.9 Å². The molecule has 4 unspecified atom stereocenters. The number of carbonyl (C=O) groups is 3. The molecule has 31 heavy (non-hydrogen) atoms. The first-order valence-electron chi connectivity index (χ1n) is 9.97. The van der Waals surface area contributed by atoms with E-state index in [2.05, 4.69) is 0 Å². The molecule has 1 fully saturated rings. The van der Waals surface area contributed by atoms with Crippen molar-refractivity contribution in [3.05, 3.63) is 29.8 Å². The first-order valence-corrected chi connectivity index (χ1v) is 9.97. The molecule has 0 bridgehead atoms. The highest BCUT2D eigenvalue weighted by molar-refractivity contribution is 6.02. The summed E-state index contributed by atoms with van der Waals surface area (Å²) in [5.41, 5.74) is -1.20. The number of hydrogen-bond acceptors (Lipinski definition) is 9. The summed E-state index contributed by atoms with van der Waals surface area (Å²) in [6.07, 6.45) is -0.381. The van der Waals surface area contributed by atoms with Crippen LogP contribution in [0.5, 0.6) is 5.75 Å². The van der Waals surface area contributed by atoms with E-state index in [0.717, 1.165) is 0 Å². The maximum atomic E-state index is 13.0. The molecule has 1 saturated carbocycles. The lowest BCUT2D eigenvalue weighted by molar-refractivity contribution is -0.174. The topological polar surface area (TPSA) is 118 Å². The summed E-state index contributed by atoms with van der Waals surface area (Å²) in [5, 5.41) is 11.0. The first-order chi connectivity index (χ1) is 14.8. The molecule has 1 aromatic rings. The summed E-state index contributed by atoms with van der Waals surface area (Å²) in [4.78, 5) is 38.8. The average Bonchev–Trinajstić information content (AvgIpc) is 2.72. The van der Waals surface area contributed by atoms with E-state index in [1.807, 2.05) is 0 Å². The zero-order valence-corrected chi connectivity index (χ0v) is 18.3. The van der Waals surface area contributed by atoms with Crippen LogP contribution in [0.3, 0.4) is 0 Å². The lowest BCUT2D eigenvalue weighted by Gasteiger charge is -2.43. The third-order valence-corrected chi connectivity index (χ3v) is 5.34. The maximum Gasteiger partial charge on any atom is 0.317 e. The summed E-state index contributed by atoms with van der Waals surface area (Å²) in [6.45, 7) is 1.69. The molecular formula is C22H30O9. The van der Waals surface area contributed by atoms with Crippen LogP contribution in [-0.4, -0.2) is 76.2 Å². The predicted octanol–water partition coefficient (Wildman–Crippen LogP) is 1.11. The molecule has 172 valence electrons. The van der Waals surface area contributed by atoms with E-state index < -0.39 is 41.1 Å². The van der Waals surface area contributed by atoms with E-state index >= 15 is 0 Å². The van der Waals surface area contributed by atoms with E-state index in [0.29, 0.717) is 11.3 Å². The van der Waals surface area contributed by atoms with Crippen LogP contribution in [-0.2, 0) is 33.3 Å². The molecule has 1 aromatic carbocycles. The zero-order chi connectivity index (χ0) is 23.0. The highest BCUT2D eigenvalue weighted by atomic mass is 16.6. The number of esters is 2. The van der Waals surface area contributed by atoms with Gasteiger partial charge in [0.1, 0.15) is 24.9 Å². The molecule has 1 aliphatic carbocycles. The number of carbonyl (C=O) groups excluding carboxylic acids is 3. The standard InChI is InChI=1S/C22H30O9/c1-22(26)13-16(23)18(20(24)30-11-9-27-2)17(14-5-7-15(29-4)8-6-14)19(22)21(25)31-12-10-28-3/h5-8,17-19,26H,9-13H2,1-4H3. The number of ketones is 1. The first kappa shape index (κ1) is 24.8. The Kier molecular flexibility index (Phi) is 8.97. The molecule has 0 aliphatic heterocycles. The van der Waals surface area contributed by atoms with Crippen molar-refractivity contribution in [2.45, 2.75) is 24.9 Å². The largest absolute Gasteiger partial charge is 0.497 e. The summed E-state index contributed by atoms with van der Waals surface area (Å²) < 4.78 is 25.5. The molecule has 1 N–H and O–H groups in total. The van der Waals surface area contributed by atoms with Gasteiger partial charge in [0.05, 0.1) is 31.8 Å². The molecule has 9 nitrogen and oxygen atoms in total. The van der Waals surface area contributed by atoms with Crippen LogP contribution in [0.4, 0.5) is 0 Å². The van der Waals surface area contributed by atoms with Gasteiger partial charge in [0.15, 0.2) is 5.78 Å². The van der Waals surface area contributed by atoms with Crippen molar-refractivity contribution in [3.63, 3.8) is 0 Å². The minimum atomic E-state index is -1.71. The summed E-state index contributed by atoms with van der Waals surface area (Å²) in [7, 11) is 4.44. The van der Waals surface area contributed by atoms with Crippen LogP contribution < -0.4 is 4.74 Å². The normalized spacial score (nSPS) is 25.7. The van der Waals surface area contributed by atoms with Crippen LogP contribution in [0.15, 0.2) is 24.3 Å². The van der Waals surface area contributed by atoms with Crippen molar-refractivity contribution in [3.8, 4) is 5.75 Å².